The number of nitrogens with zero attached hydrogens (tertiary/aromatic N) is 1. The van der Waals surface area contributed by atoms with Crippen LogP contribution in [0.2, 0.25) is 0 Å². The summed E-state index contributed by atoms with van der Waals surface area (Å²) in [6.07, 6.45) is 0.257. The molecule has 2 amide bonds. The first kappa shape index (κ1) is 18.5. The largest absolute Gasteiger partial charge is 0.506 e. The van der Waals surface area contributed by atoms with Gasteiger partial charge in [-0.2, -0.15) is 8.42 Å². The van der Waals surface area contributed by atoms with Crippen molar-refractivity contribution in [3.63, 3.8) is 0 Å². The summed E-state index contributed by atoms with van der Waals surface area (Å²) in [5.74, 6) is -1.04. The van der Waals surface area contributed by atoms with Crippen LogP contribution in [-0.4, -0.2) is 39.0 Å². The summed E-state index contributed by atoms with van der Waals surface area (Å²) in [5, 5.41) is 10.3. The van der Waals surface area contributed by atoms with Crippen molar-refractivity contribution in [1.82, 2.24) is 4.72 Å². The van der Waals surface area contributed by atoms with Crippen LogP contribution in [0, 0.1) is 0 Å². The van der Waals surface area contributed by atoms with Crippen molar-refractivity contribution in [1.29, 1.82) is 0 Å². The molecule has 0 aliphatic carbocycles. The van der Waals surface area contributed by atoms with E-state index in [2.05, 4.69) is 0 Å². The van der Waals surface area contributed by atoms with Crippen molar-refractivity contribution in [2.75, 3.05) is 18.0 Å². The Bertz CT molecular complexity index is 1030. The van der Waals surface area contributed by atoms with E-state index >= 15 is 0 Å². The van der Waals surface area contributed by atoms with Gasteiger partial charge in [-0.25, -0.2) is 9.03 Å². The van der Waals surface area contributed by atoms with Gasteiger partial charge in [0.15, 0.2) is 0 Å². The van der Waals surface area contributed by atoms with Crippen LogP contribution in [0.3, 0.4) is 0 Å². The quantitative estimate of drug-likeness (QED) is 0.669. The van der Waals surface area contributed by atoms with E-state index in [-0.39, 0.29) is 17.9 Å². The van der Waals surface area contributed by atoms with E-state index in [0.29, 0.717) is 22.4 Å². The number of primary amides is 1. The molecule has 2 aromatic rings. The highest BCUT2D eigenvalue weighted by molar-refractivity contribution is 7.92. The molecular weight excluding hydrogens is 374 g/mol. The second kappa shape index (κ2) is 6.80. The zero-order valence-corrected chi connectivity index (χ0v) is 15.1. The Balaban J connectivity index is 1.94. The molecule has 0 spiro atoms. The maximum atomic E-state index is 11.9. The number of carbonyl (C=O) groups excluding carboxylic acids is 2. The lowest BCUT2D eigenvalue weighted by atomic mass is 9.98. The molecule has 1 heterocycles. The zero-order valence-electron chi connectivity index (χ0n) is 14.3. The second-order valence-electron chi connectivity index (χ2n) is 5.92. The van der Waals surface area contributed by atoms with Crippen molar-refractivity contribution >= 4 is 27.7 Å². The third kappa shape index (κ3) is 3.65. The molecule has 3 rings (SSSR count). The SMILES string of the molecule is COc1ccc(C(N)=O)c(Cc2ccc(N3CC(=O)NS3(=O)=O)c(O)c2)c1. The van der Waals surface area contributed by atoms with Crippen molar-refractivity contribution in [3.8, 4) is 11.5 Å². The average molecular weight is 391 g/mol. The molecule has 1 aliphatic heterocycles. The highest BCUT2D eigenvalue weighted by Gasteiger charge is 2.35. The first-order valence-corrected chi connectivity index (χ1v) is 9.27. The van der Waals surface area contributed by atoms with Gasteiger partial charge in [0.25, 0.3) is 5.91 Å². The highest BCUT2D eigenvalue weighted by atomic mass is 32.2. The van der Waals surface area contributed by atoms with Gasteiger partial charge < -0.3 is 15.6 Å². The molecule has 0 aromatic heterocycles. The third-order valence-corrected chi connectivity index (χ3v) is 5.49. The van der Waals surface area contributed by atoms with E-state index in [0.717, 1.165) is 4.31 Å². The average Bonchev–Trinajstić information content (AvgIpc) is 2.86. The molecule has 2 aromatic carbocycles. The number of methoxy groups -OCH3 is 1. The number of hydrogen-bond acceptors (Lipinski definition) is 6. The number of benzene rings is 2. The van der Waals surface area contributed by atoms with Crippen molar-refractivity contribution in [2.24, 2.45) is 5.73 Å². The van der Waals surface area contributed by atoms with Crippen LogP contribution >= 0.6 is 0 Å². The number of ether oxygens (including phenoxy) is 1. The van der Waals surface area contributed by atoms with Crippen molar-refractivity contribution < 1.29 is 27.9 Å². The third-order valence-electron chi connectivity index (χ3n) is 4.10. The summed E-state index contributed by atoms with van der Waals surface area (Å²) in [4.78, 5) is 23.0. The van der Waals surface area contributed by atoms with Gasteiger partial charge in [0, 0.05) is 5.56 Å². The first-order valence-electron chi connectivity index (χ1n) is 7.83. The van der Waals surface area contributed by atoms with Gasteiger partial charge in [0.2, 0.25) is 5.91 Å². The van der Waals surface area contributed by atoms with Crippen LogP contribution in [-0.2, 0) is 21.4 Å². The lowest BCUT2D eigenvalue weighted by Gasteiger charge is -2.17. The number of amides is 2. The molecular formula is C17H17N3O6S. The van der Waals surface area contributed by atoms with Gasteiger partial charge in [-0.3, -0.25) is 9.59 Å². The van der Waals surface area contributed by atoms with Crippen LogP contribution < -0.4 is 19.5 Å². The number of rotatable bonds is 5. The molecule has 142 valence electrons. The predicted molar refractivity (Wildman–Crippen MR) is 96.8 cm³/mol. The molecule has 0 saturated carbocycles. The minimum absolute atomic E-state index is 0.0159. The Morgan fingerprint density at radius 1 is 1.30 bits per heavy atom. The van der Waals surface area contributed by atoms with Gasteiger partial charge in [-0.1, -0.05) is 6.07 Å². The minimum atomic E-state index is -4.01. The molecule has 0 unspecified atom stereocenters. The second-order valence-corrected chi connectivity index (χ2v) is 7.52. The summed E-state index contributed by atoms with van der Waals surface area (Å²) < 4.78 is 31.6. The van der Waals surface area contributed by atoms with Gasteiger partial charge in [-0.15, -0.1) is 0 Å². The number of carbonyl (C=O) groups is 2. The van der Waals surface area contributed by atoms with Crippen LogP contribution in [0.25, 0.3) is 0 Å². The lowest BCUT2D eigenvalue weighted by molar-refractivity contribution is -0.117. The summed E-state index contributed by atoms with van der Waals surface area (Å²) in [6.45, 7) is -0.406. The van der Waals surface area contributed by atoms with E-state index in [1.807, 2.05) is 4.72 Å². The van der Waals surface area contributed by atoms with Gasteiger partial charge >= 0.3 is 10.2 Å². The molecule has 10 heteroatoms. The normalized spacial score (nSPS) is 15.4. The monoisotopic (exact) mass is 391 g/mol. The Hall–Kier alpha value is -3.27. The summed E-state index contributed by atoms with van der Waals surface area (Å²) in [5.41, 5.74) is 6.91. The summed E-state index contributed by atoms with van der Waals surface area (Å²) >= 11 is 0. The molecule has 1 aliphatic rings. The molecule has 0 radical (unpaired) electrons. The van der Waals surface area contributed by atoms with Gasteiger partial charge in [0.1, 0.15) is 18.0 Å². The zero-order chi connectivity index (χ0) is 19.8. The lowest BCUT2D eigenvalue weighted by Crippen LogP contribution is -2.29. The van der Waals surface area contributed by atoms with E-state index in [9.17, 15) is 23.1 Å². The van der Waals surface area contributed by atoms with Crippen LogP contribution in [0.1, 0.15) is 21.5 Å². The van der Waals surface area contributed by atoms with E-state index in [1.165, 1.54) is 19.2 Å². The van der Waals surface area contributed by atoms with Crippen molar-refractivity contribution in [2.45, 2.75) is 6.42 Å². The Morgan fingerprint density at radius 3 is 2.59 bits per heavy atom. The van der Waals surface area contributed by atoms with E-state index in [4.69, 9.17) is 10.5 Å². The van der Waals surface area contributed by atoms with Crippen LogP contribution in [0.15, 0.2) is 36.4 Å². The smallest absolute Gasteiger partial charge is 0.326 e. The number of anilines is 1. The molecule has 9 nitrogen and oxygen atoms in total. The molecule has 27 heavy (non-hydrogen) atoms. The summed E-state index contributed by atoms with van der Waals surface area (Å²) in [6, 6.07) is 9.20. The Labute approximate surface area is 155 Å². The van der Waals surface area contributed by atoms with Crippen LogP contribution in [0.5, 0.6) is 11.5 Å². The standard InChI is InChI=1S/C17H17N3O6S/c1-26-12-3-4-13(17(18)23)11(8-12)6-10-2-5-14(15(21)7-10)20-9-16(22)19-27(20,24)25/h2-5,7-8,21H,6,9H2,1H3,(H2,18,23)(H,19,22). The molecule has 4 N–H and O–H groups in total. The number of nitrogens with one attached hydrogen (secondary N) is 1. The number of hydrogen-bond donors (Lipinski definition) is 3. The Kier molecular flexibility index (Phi) is 4.66. The van der Waals surface area contributed by atoms with E-state index in [1.54, 1.807) is 24.3 Å². The molecule has 1 fully saturated rings. The fourth-order valence-corrected chi connectivity index (χ4v) is 4.02. The maximum Gasteiger partial charge on any atom is 0.326 e. The van der Waals surface area contributed by atoms with E-state index < -0.39 is 28.6 Å². The Morgan fingerprint density at radius 2 is 2.04 bits per heavy atom. The predicted octanol–water partition coefficient (Wildman–Crippen LogP) is 0.271. The number of phenols is 1. The maximum absolute atomic E-state index is 11.9. The molecule has 0 bridgehead atoms. The minimum Gasteiger partial charge on any atom is -0.506 e. The summed E-state index contributed by atoms with van der Waals surface area (Å²) in [7, 11) is -2.52. The molecule has 0 atom stereocenters. The fourth-order valence-electron chi connectivity index (χ4n) is 2.85. The molecule has 1 saturated heterocycles. The fraction of sp³-hybridized carbons (Fsp3) is 0.176. The van der Waals surface area contributed by atoms with Gasteiger partial charge in [0.05, 0.1) is 12.8 Å². The number of nitrogens with two attached hydrogens (primary N) is 1. The van der Waals surface area contributed by atoms with Gasteiger partial charge in [-0.05, 0) is 47.9 Å². The number of aromatic hydroxyl groups is 1. The number of phenolic OH excluding ortho intramolecular Hbond substituents is 1. The highest BCUT2D eigenvalue weighted by Crippen LogP contribution is 2.32. The van der Waals surface area contributed by atoms with Crippen LogP contribution in [0.4, 0.5) is 5.69 Å². The first-order chi connectivity index (χ1) is 12.7. The topological polar surface area (TPSA) is 139 Å². The van der Waals surface area contributed by atoms with Crippen molar-refractivity contribution in [3.05, 3.63) is 53.1 Å².